The van der Waals surface area contributed by atoms with Crippen LogP contribution in [0.1, 0.15) is 6.92 Å². The molecule has 88 valence electrons. The molecular formula is C9H18O5Si. The zero-order valence-corrected chi connectivity index (χ0v) is 10.9. The second kappa shape index (κ2) is 8.60. The summed E-state index contributed by atoms with van der Waals surface area (Å²) < 4.78 is 20.0. The minimum atomic E-state index is -0.897. The van der Waals surface area contributed by atoms with E-state index < -0.39 is 15.7 Å². The molecule has 15 heavy (non-hydrogen) atoms. The molecule has 0 heterocycles. The Bertz CT molecular complexity index is 203. The van der Waals surface area contributed by atoms with Crippen LogP contribution in [0.15, 0.2) is 12.2 Å². The van der Waals surface area contributed by atoms with Crippen LogP contribution in [0.5, 0.6) is 0 Å². The van der Waals surface area contributed by atoms with E-state index >= 15 is 0 Å². The third-order valence-electron chi connectivity index (χ3n) is 1.59. The molecule has 0 aromatic rings. The van der Waals surface area contributed by atoms with Gasteiger partial charge in [-0.1, -0.05) is 6.58 Å². The molecule has 0 radical (unpaired) electrons. The Morgan fingerprint density at radius 2 is 1.93 bits per heavy atom. The molecule has 5 nitrogen and oxygen atoms in total. The molecule has 0 amide bonds. The Morgan fingerprint density at radius 1 is 1.33 bits per heavy atom. The summed E-state index contributed by atoms with van der Waals surface area (Å²) in [5.74, 6) is -0.642. The molecule has 0 rings (SSSR count). The van der Waals surface area contributed by atoms with Gasteiger partial charge in [-0.25, -0.2) is 4.79 Å². The molecule has 0 aliphatic carbocycles. The fraction of sp³-hybridized carbons (Fsp3) is 0.667. The van der Waals surface area contributed by atoms with Crippen LogP contribution in [-0.2, 0) is 23.4 Å². The van der Waals surface area contributed by atoms with E-state index in [9.17, 15) is 4.79 Å². The summed E-state index contributed by atoms with van der Waals surface area (Å²) in [4.78, 5) is 10.9. The summed E-state index contributed by atoms with van der Waals surface area (Å²) >= 11 is 0. The fourth-order valence-electron chi connectivity index (χ4n) is 0.728. The van der Waals surface area contributed by atoms with Gasteiger partial charge in [0.2, 0.25) is 9.76 Å². The molecule has 0 bridgehead atoms. The highest BCUT2D eigenvalue weighted by molar-refractivity contribution is 6.28. The molecule has 0 aromatic heterocycles. The minimum absolute atomic E-state index is 0.235. The van der Waals surface area contributed by atoms with Crippen molar-refractivity contribution in [3.8, 4) is 0 Å². The molecule has 0 aromatic carbocycles. The quantitative estimate of drug-likeness (QED) is 0.191. The molecule has 0 atom stereocenters. The molecule has 0 saturated carbocycles. The van der Waals surface area contributed by atoms with E-state index in [-0.39, 0.29) is 12.5 Å². The lowest BCUT2D eigenvalue weighted by atomic mass is 10.4. The van der Waals surface area contributed by atoms with Gasteiger partial charge in [0, 0.05) is 19.8 Å². The highest BCUT2D eigenvalue weighted by Crippen LogP contribution is 1.92. The van der Waals surface area contributed by atoms with Gasteiger partial charge in [0.25, 0.3) is 0 Å². The SMILES string of the molecule is C=C(C)C(=O)OCCO[SiH2]C(OC)OC. The molecular weight excluding hydrogens is 216 g/mol. The average Bonchev–Trinajstić information content (AvgIpc) is 2.23. The number of hydrogen-bond acceptors (Lipinski definition) is 5. The van der Waals surface area contributed by atoms with E-state index in [1.54, 1.807) is 21.1 Å². The lowest BCUT2D eigenvalue weighted by Crippen LogP contribution is -2.25. The van der Waals surface area contributed by atoms with Crippen LogP contribution in [0.25, 0.3) is 0 Å². The van der Waals surface area contributed by atoms with E-state index in [2.05, 4.69) is 6.58 Å². The lowest BCUT2D eigenvalue weighted by Gasteiger charge is -2.12. The zero-order valence-electron chi connectivity index (χ0n) is 9.45. The first-order valence-electron chi connectivity index (χ1n) is 4.57. The van der Waals surface area contributed by atoms with Crippen LogP contribution in [0.3, 0.4) is 0 Å². The first kappa shape index (κ1) is 14.3. The van der Waals surface area contributed by atoms with Gasteiger partial charge in [-0.2, -0.15) is 0 Å². The van der Waals surface area contributed by atoms with Crippen molar-refractivity contribution in [1.82, 2.24) is 0 Å². The Hall–Kier alpha value is -0.693. The smallest absolute Gasteiger partial charge is 0.333 e. The van der Waals surface area contributed by atoms with Gasteiger partial charge in [0.15, 0.2) is 5.91 Å². The Kier molecular flexibility index (Phi) is 8.20. The summed E-state index contributed by atoms with van der Waals surface area (Å²) in [5, 5.41) is 0. The molecule has 0 N–H and O–H groups in total. The van der Waals surface area contributed by atoms with Crippen molar-refractivity contribution in [3.63, 3.8) is 0 Å². The summed E-state index contributed by atoms with van der Waals surface area (Å²) in [6.45, 7) is 5.67. The van der Waals surface area contributed by atoms with E-state index in [0.29, 0.717) is 12.2 Å². The molecule has 0 aliphatic heterocycles. The van der Waals surface area contributed by atoms with Crippen molar-refractivity contribution < 1.29 is 23.4 Å². The van der Waals surface area contributed by atoms with Crippen LogP contribution in [-0.4, -0.2) is 49.1 Å². The van der Waals surface area contributed by atoms with E-state index in [1.807, 2.05) is 0 Å². The van der Waals surface area contributed by atoms with Crippen LogP contribution in [0.2, 0.25) is 0 Å². The van der Waals surface area contributed by atoms with Gasteiger partial charge in [-0.05, 0) is 6.92 Å². The van der Waals surface area contributed by atoms with Gasteiger partial charge in [0.1, 0.15) is 6.61 Å². The Labute approximate surface area is 92.3 Å². The predicted molar refractivity (Wildman–Crippen MR) is 58.1 cm³/mol. The maximum absolute atomic E-state index is 10.9. The van der Waals surface area contributed by atoms with E-state index in [1.165, 1.54) is 0 Å². The predicted octanol–water partition coefficient (Wildman–Crippen LogP) is -0.218. The summed E-state index contributed by atoms with van der Waals surface area (Å²) in [5.41, 5.74) is 0.388. The van der Waals surface area contributed by atoms with Gasteiger partial charge in [0.05, 0.1) is 6.61 Å². The van der Waals surface area contributed by atoms with Crippen molar-refractivity contribution >= 4 is 15.7 Å². The number of esters is 1. The van der Waals surface area contributed by atoms with E-state index in [0.717, 1.165) is 0 Å². The van der Waals surface area contributed by atoms with Crippen LogP contribution < -0.4 is 0 Å². The second-order valence-electron chi connectivity index (χ2n) is 2.89. The van der Waals surface area contributed by atoms with Gasteiger partial charge in [-0.3, -0.25) is 0 Å². The average molecular weight is 234 g/mol. The molecule has 6 heteroatoms. The molecule has 0 saturated heterocycles. The van der Waals surface area contributed by atoms with Crippen molar-refractivity contribution in [2.75, 3.05) is 27.4 Å². The molecule has 0 spiro atoms. The third kappa shape index (κ3) is 7.26. The first-order valence-corrected chi connectivity index (χ1v) is 5.97. The first-order chi connectivity index (χ1) is 7.11. The van der Waals surface area contributed by atoms with Crippen LogP contribution in [0.4, 0.5) is 0 Å². The van der Waals surface area contributed by atoms with Crippen LogP contribution in [0, 0.1) is 0 Å². The number of carbonyl (C=O) groups is 1. The largest absolute Gasteiger partial charge is 0.460 e. The van der Waals surface area contributed by atoms with Gasteiger partial charge < -0.3 is 18.6 Å². The normalized spacial score (nSPS) is 11.2. The number of methoxy groups -OCH3 is 2. The topological polar surface area (TPSA) is 54.0 Å². The fourth-order valence-corrected chi connectivity index (χ4v) is 1.48. The second-order valence-corrected chi connectivity index (χ2v) is 4.30. The molecule has 0 aliphatic rings. The van der Waals surface area contributed by atoms with Crippen molar-refractivity contribution in [2.24, 2.45) is 0 Å². The Balaban J connectivity index is 3.39. The minimum Gasteiger partial charge on any atom is -0.460 e. The third-order valence-corrected chi connectivity index (χ3v) is 3.05. The van der Waals surface area contributed by atoms with Gasteiger partial charge >= 0.3 is 5.97 Å². The van der Waals surface area contributed by atoms with Crippen LogP contribution >= 0.6 is 0 Å². The van der Waals surface area contributed by atoms with Crippen molar-refractivity contribution in [3.05, 3.63) is 12.2 Å². The number of carbonyl (C=O) groups excluding carboxylic acids is 1. The maximum Gasteiger partial charge on any atom is 0.333 e. The number of ether oxygens (including phenoxy) is 3. The lowest BCUT2D eigenvalue weighted by molar-refractivity contribution is -0.139. The summed E-state index contributed by atoms with van der Waals surface area (Å²) in [7, 11) is 2.23. The molecule has 0 fully saturated rings. The maximum atomic E-state index is 10.9. The highest BCUT2D eigenvalue weighted by Gasteiger charge is 2.06. The van der Waals surface area contributed by atoms with Crippen molar-refractivity contribution in [2.45, 2.75) is 12.8 Å². The van der Waals surface area contributed by atoms with Gasteiger partial charge in [-0.15, -0.1) is 0 Å². The highest BCUT2D eigenvalue weighted by atomic mass is 28.2. The summed E-state index contributed by atoms with van der Waals surface area (Å²) in [6.07, 6.45) is 0. The molecule has 0 unspecified atom stereocenters. The number of hydrogen-bond donors (Lipinski definition) is 0. The van der Waals surface area contributed by atoms with E-state index in [4.69, 9.17) is 18.6 Å². The zero-order chi connectivity index (χ0) is 11.7. The Morgan fingerprint density at radius 3 is 2.40 bits per heavy atom. The van der Waals surface area contributed by atoms with Crippen molar-refractivity contribution in [1.29, 1.82) is 0 Å². The standard InChI is InChI=1S/C9H18O5Si/c1-7(2)8(10)13-5-6-14-15-9(11-3)12-4/h9H,1,5-6,15H2,2-4H3. The summed E-state index contributed by atoms with van der Waals surface area (Å²) in [6, 6.07) is 0. The monoisotopic (exact) mass is 234 g/mol. The number of rotatable bonds is 8.